The average molecular weight is 242 g/mol. The van der Waals surface area contributed by atoms with Crippen LogP contribution < -0.4 is 11.1 Å². The molecule has 1 unspecified atom stereocenters. The zero-order valence-corrected chi connectivity index (χ0v) is 10.1. The van der Waals surface area contributed by atoms with Gasteiger partial charge in [-0.3, -0.25) is 4.79 Å². The van der Waals surface area contributed by atoms with E-state index in [0.29, 0.717) is 10.6 Å². The van der Waals surface area contributed by atoms with E-state index in [1.165, 1.54) is 17.8 Å². The SMILES string of the molecule is CNC(C)(CSc1ccccc1F)C(N)=O. The summed E-state index contributed by atoms with van der Waals surface area (Å²) in [5.41, 5.74) is 4.45. The minimum Gasteiger partial charge on any atom is -0.368 e. The smallest absolute Gasteiger partial charge is 0.238 e. The molecule has 3 N–H and O–H groups in total. The van der Waals surface area contributed by atoms with Gasteiger partial charge in [0.1, 0.15) is 11.4 Å². The summed E-state index contributed by atoms with van der Waals surface area (Å²) < 4.78 is 13.3. The van der Waals surface area contributed by atoms with Crippen LogP contribution in [0.15, 0.2) is 29.2 Å². The largest absolute Gasteiger partial charge is 0.368 e. The Hall–Kier alpha value is -1.07. The standard InChI is InChI=1S/C11H15FN2OS/c1-11(14-2,10(13)15)7-16-9-6-4-3-5-8(9)12/h3-6,14H,7H2,1-2H3,(H2,13,15). The molecule has 1 rings (SSSR count). The van der Waals surface area contributed by atoms with E-state index >= 15 is 0 Å². The molecule has 0 saturated carbocycles. The first-order valence-corrected chi connectivity index (χ1v) is 5.84. The molecule has 5 heteroatoms. The Bertz CT molecular complexity index is 386. The van der Waals surface area contributed by atoms with Crippen molar-refractivity contribution in [1.29, 1.82) is 0 Å². The van der Waals surface area contributed by atoms with Crippen molar-refractivity contribution in [3.05, 3.63) is 30.1 Å². The fourth-order valence-corrected chi connectivity index (χ4v) is 2.16. The molecule has 0 heterocycles. The topological polar surface area (TPSA) is 55.1 Å². The van der Waals surface area contributed by atoms with E-state index in [2.05, 4.69) is 5.32 Å². The summed E-state index contributed by atoms with van der Waals surface area (Å²) in [7, 11) is 1.66. The maximum Gasteiger partial charge on any atom is 0.238 e. The van der Waals surface area contributed by atoms with Gasteiger partial charge in [0, 0.05) is 10.6 Å². The highest BCUT2D eigenvalue weighted by molar-refractivity contribution is 7.99. The number of carbonyl (C=O) groups excluding carboxylic acids is 1. The summed E-state index contributed by atoms with van der Waals surface area (Å²) in [5, 5.41) is 2.85. The Morgan fingerprint density at radius 3 is 2.69 bits per heavy atom. The fourth-order valence-electron chi connectivity index (χ4n) is 1.05. The third kappa shape index (κ3) is 2.96. The van der Waals surface area contributed by atoms with Crippen LogP contribution in [0.1, 0.15) is 6.92 Å². The summed E-state index contributed by atoms with van der Waals surface area (Å²) in [6, 6.07) is 6.46. The number of hydrogen-bond donors (Lipinski definition) is 2. The summed E-state index contributed by atoms with van der Waals surface area (Å²) in [4.78, 5) is 11.7. The van der Waals surface area contributed by atoms with Gasteiger partial charge in [-0.15, -0.1) is 11.8 Å². The van der Waals surface area contributed by atoms with Crippen LogP contribution in [0, 0.1) is 5.82 Å². The lowest BCUT2D eigenvalue weighted by Crippen LogP contribution is -2.53. The maximum atomic E-state index is 13.3. The second kappa shape index (κ2) is 5.32. The van der Waals surface area contributed by atoms with E-state index in [1.807, 2.05) is 0 Å². The summed E-state index contributed by atoms with van der Waals surface area (Å²) in [6.07, 6.45) is 0. The molecule has 0 aromatic heterocycles. The number of hydrogen-bond acceptors (Lipinski definition) is 3. The maximum absolute atomic E-state index is 13.3. The highest BCUT2D eigenvalue weighted by Crippen LogP contribution is 2.24. The van der Waals surface area contributed by atoms with E-state index in [1.54, 1.807) is 32.2 Å². The molecule has 88 valence electrons. The lowest BCUT2D eigenvalue weighted by atomic mass is 10.1. The number of rotatable bonds is 5. The minimum atomic E-state index is -0.826. The molecule has 0 aliphatic carbocycles. The van der Waals surface area contributed by atoms with Gasteiger partial charge in [0.15, 0.2) is 0 Å². The molecule has 1 amide bonds. The highest BCUT2D eigenvalue weighted by Gasteiger charge is 2.29. The number of amides is 1. The Balaban J connectivity index is 2.71. The summed E-state index contributed by atoms with van der Waals surface area (Å²) >= 11 is 1.27. The van der Waals surface area contributed by atoms with Gasteiger partial charge in [-0.25, -0.2) is 4.39 Å². The second-order valence-electron chi connectivity index (χ2n) is 3.67. The van der Waals surface area contributed by atoms with Crippen molar-refractivity contribution in [2.75, 3.05) is 12.8 Å². The highest BCUT2D eigenvalue weighted by atomic mass is 32.2. The molecular weight excluding hydrogens is 227 g/mol. The Kier molecular flexibility index (Phi) is 4.32. The summed E-state index contributed by atoms with van der Waals surface area (Å²) in [5.74, 6) is -0.339. The number of thioether (sulfide) groups is 1. The Labute approximate surface area is 98.6 Å². The monoisotopic (exact) mass is 242 g/mol. The van der Waals surface area contributed by atoms with Gasteiger partial charge >= 0.3 is 0 Å². The first kappa shape index (κ1) is 13.0. The fraction of sp³-hybridized carbons (Fsp3) is 0.364. The summed E-state index contributed by atoms with van der Waals surface area (Å²) in [6.45, 7) is 1.70. The molecule has 0 aliphatic heterocycles. The van der Waals surface area contributed by atoms with E-state index in [9.17, 15) is 9.18 Å². The number of nitrogens with one attached hydrogen (secondary N) is 1. The number of carbonyl (C=O) groups is 1. The molecular formula is C11H15FN2OS. The predicted molar refractivity (Wildman–Crippen MR) is 63.8 cm³/mol. The molecule has 1 aromatic rings. The quantitative estimate of drug-likeness (QED) is 0.767. The third-order valence-corrected chi connectivity index (χ3v) is 3.81. The van der Waals surface area contributed by atoms with E-state index in [0.717, 1.165) is 0 Å². The predicted octanol–water partition coefficient (Wildman–Crippen LogP) is 1.38. The number of halogens is 1. The first-order chi connectivity index (χ1) is 7.49. The number of likely N-dealkylation sites (N-methyl/N-ethyl adjacent to an activating group) is 1. The van der Waals surface area contributed by atoms with Crippen molar-refractivity contribution in [1.82, 2.24) is 5.32 Å². The first-order valence-electron chi connectivity index (χ1n) is 4.86. The van der Waals surface area contributed by atoms with Crippen LogP contribution in [0.25, 0.3) is 0 Å². The molecule has 16 heavy (non-hydrogen) atoms. The van der Waals surface area contributed by atoms with Gasteiger partial charge in [0.2, 0.25) is 5.91 Å². The number of primary amides is 1. The van der Waals surface area contributed by atoms with Crippen molar-refractivity contribution in [2.45, 2.75) is 17.4 Å². The van der Waals surface area contributed by atoms with Crippen LogP contribution >= 0.6 is 11.8 Å². The minimum absolute atomic E-state index is 0.282. The molecule has 0 aliphatic rings. The van der Waals surface area contributed by atoms with E-state index < -0.39 is 11.4 Å². The van der Waals surface area contributed by atoms with Crippen molar-refractivity contribution < 1.29 is 9.18 Å². The van der Waals surface area contributed by atoms with Crippen LogP contribution in [0.4, 0.5) is 4.39 Å². The normalized spacial score (nSPS) is 14.4. The van der Waals surface area contributed by atoms with Crippen molar-refractivity contribution in [2.24, 2.45) is 5.73 Å². The molecule has 0 radical (unpaired) electrons. The Morgan fingerprint density at radius 1 is 1.56 bits per heavy atom. The van der Waals surface area contributed by atoms with Crippen LogP contribution in [0.5, 0.6) is 0 Å². The average Bonchev–Trinajstić information content (AvgIpc) is 2.27. The molecule has 3 nitrogen and oxygen atoms in total. The van der Waals surface area contributed by atoms with Gasteiger partial charge in [0.25, 0.3) is 0 Å². The lowest BCUT2D eigenvalue weighted by molar-refractivity contribution is -0.122. The van der Waals surface area contributed by atoms with Crippen LogP contribution in [0.2, 0.25) is 0 Å². The van der Waals surface area contributed by atoms with E-state index in [-0.39, 0.29) is 5.82 Å². The van der Waals surface area contributed by atoms with E-state index in [4.69, 9.17) is 5.73 Å². The zero-order valence-electron chi connectivity index (χ0n) is 9.29. The molecule has 0 bridgehead atoms. The van der Waals surface area contributed by atoms with Crippen LogP contribution in [0.3, 0.4) is 0 Å². The van der Waals surface area contributed by atoms with Gasteiger partial charge in [-0.1, -0.05) is 12.1 Å². The number of nitrogens with two attached hydrogens (primary N) is 1. The third-order valence-electron chi connectivity index (χ3n) is 2.45. The van der Waals surface area contributed by atoms with Gasteiger partial charge < -0.3 is 11.1 Å². The van der Waals surface area contributed by atoms with Crippen LogP contribution in [-0.4, -0.2) is 24.2 Å². The van der Waals surface area contributed by atoms with Gasteiger partial charge in [0.05, 0.1) is 0 Å². The molecule has 0 fully saturated rings. The van der Waals surface area contributed by atoms with Gasteiger partial charge in [-0.2, -0.15) is 0 Å². The van der Waals surface area contributed by atoms with Crippen LogP contribution in [-0.2, 0) is 4.79 Å². The number of benzene rings is 1. The molecule has 1 atom stereocenters. The van der Waals surface area contributed by atoms with Crippen molar-refractivity contribution >= 4 is 17.7 Å². The molecule has 1 aromatic carbocycles. The van der Waals surface area contributed by atoms with Gasteiger partial charge in [-0.05, 0) is 26.1 Å². The molecule has 0 spiro atoms. The van der Waals surface area contributed by atoms with Crippen molar-refractivity contribution in [3.8, 4) is 0 Å². The Morgan fingerprint density at radius 2 is 2.19 bits per heavy atom. The second-order valence-corrected chi connectivity index (χ2v) is 4.68. The van der Waals surface area contributed by atoms with Crippen molar-refractivity contribution in [3.63, 3.8) is 0 Å². The zero-order chi connectivity index (χ0) is 12.2. The lowest BCUT2D eigenvalue weighted by Gasteiger charge is -2.24. The molecule has 0 saturated heterocycles.